The Morgan fingerprint density at radius 1 is 1.30 bits per heavy atom. The number of nitrogens with zero attached hydrogens (tertiary/aromatic N) is 3. The molecule has 1 aliphatic carbocycles. The number of hydrogen-bond donors (Lipinski definition) is 2. The fraction of sp³-hybridized carbons (Fsp3) is 0.550. The molecule has 1 saturated carbocycles. The molecule has 0 spiro atoms. The second kappa shape index (κ2) is 8.19. The van der Waals surface area contributed by atoms with Crippen molar-refractivity contribution in [3.8, 4) is 11.5 Å². The first-order valence-electron chi connectivity index (χ1n) is 9.82. The van der Waals surface area contributed by atoms with E-state index in [-0.39, 0.29) is 17.9 Å². The fourth-order valence-corrected chi connectivity index (χ4v) is 3.87. The molecule has 4 rings (SSSR count). The lowest BCUT2D eigenvalue weighted by Gasteiger charge is -2.30. The second-order valence-corrected chi connectivity index (χ2v) is 7.55. The first-order chi connectivity index (χ1) is 13.2. The van der Waals surface area contributed by atoms with E-state index in [0.29, 0.717) is 18.3 Å². The van der Waals surface area contributed by atoms with Gasteiger partial charge in [0.2, 0.25) is 5.91 Å². The Balaban J connectivity index is 1.37. The highest BCUT2D eigenvalue weighted by molar-refractivity contribution is 5.78. The van der Waals surface area contributed by atoms with Crippen molar-refractivity contribution in [3.05, 3.63) is 35.7 Å². The minimum atomic E-state index is 0.140. The van der Waals surface area contributed by atoms with Crippen molar-refractivity contribution in [1.82, 2.24) is 25.7 Å². The summed E-state index contributed by atoms with van der Waals surface area (Å²) in [7, 11) is 2.08. The van der Waals surface area contributed by atoms with Gasteiger partial charge < -0.3 is 15.2 Å². The number of hydrogen-bond acceptors (Lipinski definition) is 6. The first-order valence-corrected chi connectivity index (χ1v) is 9.82. The molecule has 1 amide bonds. The topological polar surface area (TPSA) is 83.3 Å². The van der Waals surface area contributed by atoms with Gasteiger partial charge in [0.05, 0.1) is 6.04 Å². The minimum absolute atomic E-state index is 0.140. The van der Waals surface area contributed by atoms with Gasteiger partial charge in [-0.05, 0) is 37.6 Å². The first kappa shape index (κ1) is 18.1. The molecule has 2 heterocycles. The molecule has 0 bridgehead atoms. The molecule has 0 radical (unpaired) electrons. The molecule has 2 aromatic rings. The van der Waals surface area contributed by atoms with E-state index in [1.54, 1.807) is 0 Å². The number of piperazine rings is 1. The minimum Gasteiger partial charge on any atom is -0.352 e. The van der Waals surface area contributed by atoms with E-state index in [0.717, 1.165) is 43.6 Å². The van der Waals surface area contributed by atoms with Crippen molar-refractivity contribution in [2.45, 2.75) is 38.3 Å². The summed E-state index contributed by atoms with van der Waals surface area (Å²) in [6.45, 7) is 3.34. The predicted octanol–water partition coefficient (Wildman–Crippen LogP) is 2.12. The molecule has 144 valence electrons. The molecule has 2 fully saturated rings. The monoisotopic (exact) mass is 369 g/mol. The maximum Gasteiger partial charge on any atom is 0.257 e. The van der Waals surface area contributed by atoms with Gasteiger partial charge >= 0.3 is 0 Å². The Bertz CT molecular complexity index is 767. The molecule has 2 aliphatic rings. The van der Waals surface area contributed by atoms with Crippen LogP contribution in [-0.4, -0.2) is 47.6 Å². The van der Waals surface area contributed by atoms with Crippen molar-refractivity contribution in [3.63, 3.8) is 0 Å². The van der Waals surface area contributed by atoms with Gasteiger partial charge in [-0.25, -0.2) is 0 Å². The van der Waals surface area contributed by atoms with Crippen molar-refractivity contribution in [2.75, 3.05) is 26.7 Å². The zero-order valence-electron chi connectivity index (χ0n) is 15.8. The Morgan fingerprint density at radius 2 is 2.07 bits per heavy atom. The number of carbonyl (C=O) groups is 1. The zero-order chi connectivity index (χ0) is 18.6. The summed E-state index contributed by atoms with van der Waals surface area (Å²) in [6.07, 6.45) is 4.39. The van der Waals surface area contributed by atoms with Gasteiger partial charge in [-0.1, -0.05) is 30.1 Å². The molecular formula is C20H27N5O2. The van der Waals surface area contributed by atoms with E-state index in [2.05, 4.69) is 32.7 Å². The number of nitrogens with one attached hydrogen (secondary N) is 2. The number of benzene rings is 1. The Kier molecular flexibility index (Phi) is 5.50. The Hall–Kier alpha value is -2.25. The van der Waals surface area contributed by atoms with Crippen molar-refractivity contribution >= 4 is 5.91 Å². The summed E-state index contributed by atoms with van der Waals surface area (Å²) in [4.78, 5) is 19.0. The smallest absolute Gasteiger partial charge is 0.257 e. The van der Waals surface area contributed by atoms with Crippen LogP contribution in [0.1, 0.15) is 43.1 Å². The van der Waals surface area contributed by atoms with E-state index >= 15 is 0 Å². The van der Waals surface area contributed by atoms with Crippen LogP contribution >= 0.6 is 0 Å². The van der Waals surface area contributed by atoms with E-state index in [9.17, 15) is 4.79 Å². The van der Waals surface area contributed by atoms with Crippen LogP contribution < -0.4 is 10.6 Å². The summed E-state index contributed by atoms with van der Waals surface area (Å²) < 4.78 is 5.47. The van der Waals surface area contributed by atoms with Crippen LogP contribution in [0.5, 0.6) is 0 Å². The molecule has 2 N–H and O–H groups in total. The van der Waals surface area contributed by atoms with Crippen molar-refractivity contribution in [2.24, 2.45) is 5.92 Å². The summed E-state index contributed by atoms with van der Waals surface area (Å²) in [5.74, 6) is 1.63. The highest BCUT2D eigenvalue weighted by Gasteiger charge is 2.25. The van der Waals surface area contributed by atoms with Crippen LogP contribution in [0, 0.1) is 5.92 Å². The van der Waals surface area contributed by atoms with Gasteiger partial charge in [-0.3, -0.25) is 9.69 Å². The number of rotatable bonds is 5. The van der Waals surface area contributed by atoms with Crippen molar-refractivity contribution < 1.29 is 9.32 Å². The van der Waals surface area contributed by atoms with Gasteiger partial charge in [0, 0.05) is 37.7 Å². The third-order valence-electron chi connectivity index (χ3n) is 5.64. The highest BCUT2D eigenvalue weighted by atomic mass is 16.5. The molecule has 1 saturated heterocycles. The predicted molar refractivity (Wildman–Crippen MR) is 102 cm³/mol. The number of amides is 1. The van der Waals surface area contributed by atoms with Gasteiger partial charge in [-0.15, -0.1) is 0 Å². The number of aromatic nitrogens is 2. The standard InChI is InChI=1S/C20H27N5O2/c1-25-11-10-21-13-17(25)18-23-20(27-24-18)16-8-6-14(7-9-16)12-22-19(26)15-4-2-3-5-15/h6-9,15,17,21H,2-5,10-13H2,1H3,(H,22,26). The third-order valence-corrected chi connectivity index (χ3v) is 5.64. The van der Waals surface area contributed by atoms with Gasteiger partial charge in [0.1, 0.15) is 0 Å². The maximum atomic E-state index is 12.1. The molecule has 1 aromatic heterocycles. The van der Waals surface area contributed by atoms with Crippen LogP contribution in [0.25, 0.3) is 11.5 Å². The summed E-state index contributed by atoms with van der Waals surface area (Å²) >= 11 is 0. The van der Waals surface area contributed by atoms with Crippen LogP contribution in [0.15, 0.2) is 28.8 Å². The van der Waals surface area contributed by atoms with Gasteiger partial charge in [0.25, 0.3) is 5.89 Å². The van der Waals surface area contributed by atoms with E-state index < -0.39 is 0 Å². The normalized spacial score (nSPS) is 21.4. The maximum absolute atomic E-state index is 12.1. The lowest BCUT2D eigenvalue weighted by atomic mass is 10.1. The van der Waals surface area contributed by atoms with E-state index in [1.807, 2.05) is 24.3 Å². The molecule has 1 atom stereocenters. The van der Waals surface area contributed by atoms with E-state index in [1.165, 1.54) is 12.8 Å². The van der Waals surface area contributed by atoms with Crippen LogP contribution in [0.4, 0.5) is 0 Å². The molecule has 1 aromatic carbocycles. The molecule has 7 heteroatoms. The Morgan fingerprint density at radius 3 is 2.81 bits per heavy atom. The molecule has 7 nitrogen and oxygen atoms in total. The van der Waals surface area contributed by atoms with Gasteiger partial charge in [-0.2, -0.15) is 4.98 Å². The van der Waals surface area contributed by atoms with Crippen molar-refractivity contribution in [1.29, 1.82) is 0 Å². The average molecular weight is 369 g/mol. The lowest BCUT2D eigenvalue weighted by molar-refractivity contribution is -0.124. The molecule has 27 heavy (non-hydrogen) atoms. The zero-order valence-corrected chi connectivity index (χ0v) is 15.8. The van der Waals surface area contributed by atoms with Crippen LogP contribution in [0.2, 0.25) is 0 Å². The third kappa shape index (κ3) is 4.20. The lowest BCUT2D eigenvalue weighted by Crippen LogP contribution is -2.44. The highest BCUT2D eigenvalue weighted by Crippen LogP contribution is 2.25. The van der Waals surface area contributed by atoms with Gasteiger partial charge in [0.15, 0.2) is 5.82 Å². The second-order valence-electron chi connectivity index (χ2n) is 7.55. The molecule has 1 aliphatic heterocycles. The molecular weight excluding hydrogens is 342 g/mol. The molecule has 1 unspecified atom stereocenters. The average Bonchev–Trinajstić information content (AvgIpc) is 3.39. The fourth-order valence-electron chi connectivity index (χ4n) is 3.87. The summed E-state index contributed by atoms with van der Waals surface area (Å²) in [5.41, 5.74) is 1.96. The SMILES string of the molecule is CN1CCNCC1c1noc(-c2ccc(CNC(=O)C3CCCC3)cc2)n1. The largest absolute Gasteiger partial charge is 0.352 e. The number of likely N-dealkylation sites (N-methyl/N-ethyl adjacent to an activating group) is 1. The Labute approximate surface area is 159 Å². The van der Waals surface area contributed by atoms with Crippen LogP contribution in [0.3, 0.4) is 0 Å². The van der Waals surface area contributed by atoms with Crippen LogP contribution in [-0.2, 0) is 11.3 Å². The summed E-state index contributed by atoms with van der Waals surface area (Å²) in [5, 5.41) is 10.6. The quantitative estimate of drug-likeness (QED) is 0.840. The summed E-state index contributed by atoms with van der Waals surface area (Å²) in [6, 6.07) is 8.08. The van der Waals surface area contributed by atoms with E-state index in [4.69, 9.17) is 4.52 Å². The number of carbonyl (C=O) groups excluding carboxylic acids is 1.